The summed E-state index contributed by atoms with van der Waals surface area (Å²) in [4.78, 5) is 0. The van der Waals surface area contributed by atoms with Crippen LogP contribution in [0.2, 0.25) is 0 Å². The van der Waals surface area contributed by atoms with Crippen LogP contribution >= 0.6 is 0 Å². The van der Waals surface area contributed by atoms with Crippen LogP contribution in [-0.4, -0.2) is 42.4 Å². The standard InChI is InChI=1S/C34H36O6/c35-34-33(39-24-29-19-11-4-12-20-29)32(38-23-28-17-9-3-10-18-28)31(37-22-27-15-7-2-8-16-27)30(40-34)25-36-21-26-13-5-1-6-14-26/h1-20,30-35H,21-25H2/t30-,31?,32-,33-,34?/m1/s1. The number of hydrogen-bond donors (Lipinski definition) is 1. The summed E-state index contributed by atoms with van der Waals surface area (Å²) in [5, 5.41) is 11.2. The molecule has 4 aromatic carbocycles. The van der Waals surface area contributed by atoms with Crippen molar-refractivity contribution in [2.45, 2.75) is 57.1 Å². The fourth-order valence-electron chi connectivity index (χ4n) is 4.77. The quantitative estimate of drug-likeness (QED) is 0.236. The predicted molar refractivity (Wildman–Crippen MR) is 152 cm³/mol. The number of aliphatic hydroxyl groups is 1. The van der Waals surface area contributed by atoms with Gasteiger partial charge in [-0.3, -0.25) is 0 Å². The third-order valence-electron chi connectivity index (χ3n) is 6.86. The highest BCUT2D eigenvalue weighted by molar-refractivity contribution is 5.16. The van der Waals surface area contributed by atoms with Gasteiger partial charge in [-0.15, -0.1) is 0 Å². The molecule has 1 N–H and O–H groups in total. The van der Waals surface area contributed by atoms with Crippen LogP contribution in [0.1, 0.15) is 22.3 Å². The Morgan fingerprint density at radius 2 is 0.850 bits per heavy atom. The van der Waals surface area contributed by atoms with E-state index in [4.69, 9.17) is 23.7 Å². The highest BCUT2D eigenvalue weighted by atomic mass is 16.7. The Hall–Kier alpha value is -3.36. The molecule has 4 aromatic rings. The second-order valence-corrected chi connectivity index (χ2v) is 9.85. The number of ether oxygens (including phenoxy) is 5. The lowest BCUT2D eigenvalue weighted by Gasteiger charge is -2.44. The van der Waals surface area contributed by atoms with Crippen LogP contribution in [0.25, 0.3) is 0 Å². The van der Waals surface area contributed by atoms with Gasteiger partial charge in [0.15, 0.2) is 6.29 Å². The average molecular weight is 541 g/mol. The van der Waals surface area contributed by atoms with Gasteiger partial charge in [-0.1, -0.05) is 121 Å². The summed E-state index contributed by atoms with van der Waals surface area (Å²) >= 11 is 0. The third kappa shape index (κ3) is 8.08. The smallest absolute Gasteiger partial charge is 0.184 e. The van der Waals surface area contributed by atoms with Gasteiger partial charge in [0.1, 0.15) is 24.4 Å². The highest BCUT2D eigenvalue weighted by Gasteiger charge is 2.48. The minimum absolute atomic E-state index is 0.224. The maximum atomic E-state index is 11.2. The molecule has 5 atom stereocenters. The van der Waals surface area contributed by atoms with Crippen molar-refractivity contribution in [2.75, 3.05) is 6.61 Å². The second kappa shape index (κ2) is 14.9. The fraction of sp³-hybridized carbons (Fsp3) is 0.294. The maximum Gasteiger partial charge on any atom is 0.184 e. The van der Waals surface area contributed by atoms with Gasteiger partial charge in [0, 0.05) is 0 Å². The summed E-state index contributed by atoms with van der Waals surface area (Å²) < 4.78 is 31.4. The Balaban J connectivity index is 1.36. The first-order chi connectivity index (χ1) is 19.8. The van der Waals surface area contributed by atoms with Crippen molar-refractivity contribution in [2.24, 2.45) is 0 Å². The van der Waals surface area contributed by atoms with Gasteiger partial charge in [0.05, 0.1) is 33.0 Å². The fourth-order valence-corrected chi connectivity index (χ4v) is 4.77. The van der Waals surface area contributed by atoms with E-state index in [-0.39, 0.29) is 6.61 Å². The van der Waals surface area contributed by atoms with E-state index in [1.54, 1.807) is 0 Å². The Labute approximate surface area is 236 Å². The highest BCUT2D eigenvalue weighted by Crippen LogP contribution is 2.30. The normalized spacial score (nSPS) is 22.7. The van der Waals surface area contributed by atoms with Crippen molar-refractivity contribution in [3.05, 3.63) is 144 Å². The van der Waals surface area contributed by atoms with Crippen molar-refractivity contribution >= 4 is 0 Å². The topological polar surface area (TPSA) is 66.4 Å². The van der Waals surface area contributed by atoms with Crippen LogP contribution in [0.15, 0.2) is 121 Å². The third-order valence-corrected chi connectivity index (χ3v) is 6.86. The first-order valence-electron chi connectivity index (χ1n) is 13.7. The number of hydrogen-bond acceptors (Lipinski definition) is 6. The number of rotatable bonds is 13. The van der Waals surface area contributed by atoms with Gasteiger partial charge in [-0.05, 0) is 22.3 Å². The molecule has 0 aliphatic carbocycles. The molecule has 2 unspecified atom stereocenters. The van der Waals surface area contributed by atoms with Crippen molar-refractivity contribution in [1.82, 2.24) is 0 Å². The van der Waals surface area contributed by atoms with Crippen LogP contribution < -0.4 is 0 Å². The largest absolute Gasteiger partial charge is 0.374 e. The van der Waals surface area contributed by atoms with Gasteiger partial charge in [-0.25, -0.2) is 0 Å². The van der Waals surface area contributed by atoms with E-state index < -0.39 is 30.7 Å². The van der Waals surface area contributed by atoms with Crippen molar-refractivity contribution in [1.29, 1.82) is 0 Å². The molecule has 0 aromatic heterocycles. The zero-order chi connectivity index (χ0) is 27.4. The van der Waals surface area contributed by atoms with E-state index >= 15 is 0 Å². The molecule has 0 amide bonds. The van der Waals surface area contributed by atoms with Gasteiger partial charge < -0.3 is 28.8 Å². The minimum atomic E-state index is -1.22. The molecule has 1 aliphatic rings. The summed E-state index contributed by atoms with van der Waals surface area (Å²) in [6.07, 6.45) is -3.72. The lowest BCUT2D eigenvalue weighted by molar-refractivity contribution is -0.317. The van der Waals surface area contributed by atoms with E-state index in [2.05, 4.69) is 0 Å². The van der Waals surface area contributed by atoms with E-state index in [1.165, 1.54) is 0 Å². The summed E-state index contributed by atoms with van der Waals surface area (Å²) in [6, 6.07) is 39.7. The van der Waals surface area contributed by atoms with Gasteiger partial charge in [-0.2, -0.15) is 0 Å². The van der Waals surface area contributed by atoms with Gasteiger partial charge in [0.2, 0.25) is 0 Å². The lowest BCUT2D eigenvalue weighted by Crippen LogP contribution is -2.61. The molecule has 1 aliphatic heterocycles. The number of benzene rings is 4. The SMILES string of the molecule is OC1O[C@H](COCc2ccccc2)C(OCc2ccccc2)[C@@H](OCc2ccccc2)[C@H]1OCc1ccccc1. The summed E-state index contributed by atoms with van der Waals surface area (Å²) in [5.74, 6) is 0. The molecule has 1 fully saturated rings. The molecule has 1 saturated heterocycles. The maximum absolute atomic E-state index is 11.2. The Bertz CT molecular complexity index is 1240. The summed E-state index contributed by atoms with van der Waals surface area (Å²) in [7, 11) is 0. The Morgan fingerprint density at radius 1 is 0.475 bits per heavy atom. The lowest BCUT2D eigenvalue weighted by atomic mass is 9.98. The molecular weight excluding hydrogens is 504 g/mol. The molecule has 6 heteroatoms. The zero-order valence-electron chi connectivity index (χ0n) is 22.5. The van der Waals surface area contributed by atoms with Crippen molar-refractivity contribution in [3.8, 4) is 0 Å². The van der Waals surface area contributed by atoms with E-state index in [1.807, 2.05) is 121 Å². The number of aliphatic hydroxyl groups excluding tert-OH is 1. The Morgan fingerprint density at radius 3 is 1.30 bits per heavy atom. The molecule has 0 radical (unpaired) electrons. The Kier molecular flexibility index (Phi) is 10.5. The van der Waals surface area contributed by atoms with Crippen molar-refractivity contribution < 1.29 is 28.8 Å². The molecule has 1 heterocycles. The van der Waals surface area contributed by atoms with Crippen LogP contribution in [0.3, 0.4) is 0 Å². The van der Waals surface area contributed by atoms with E-state index in [9.17, 15) is 5.11 Å². The molecule has 0 bridgehead atoms. The first-order valence-corrected chi connectivity index (χ1v) is 13.7. The van der Waals surface area contributed by atoms with Crippen LogP contribution in [0.5, 0.6) is 0 Å². The van der Waals surface area contributed by atoms with Gasteiger partial charge in [0.25, 0.3) is 0 Å². The van der Waals surface area contributed by atoms with Crippen LogP contribution in [0.4, 0.5) is 0 Å². The molecule has 5 rings (SSSR count). The minimum Gasteiger partial charge on any atom is -0.374 e. The predicted octanol–water partition coefficient (Wildman–Crippen LogP) is 5.68. The molecule has 0 saturated carbocycles. The van der Waals surface area contributed by atoms with Gasteiger partial charge >= 0.3 is 0 Å². The molecule has 208 valence electrons. The summed E-state index contributed by atoms with van der Waals surface area (Å²) in [5.41, 5.74) is 4.10. The van der Waals surface area contributed by atoms with Crippen LogP contribution in [0, 0.1) is 0 Å². The van der Waals surface area contributed by atoms with E-state index in [0.717, 1.165) is 22.3 Å². The molecular formula is C34H36O6. The van der Waals surface area contributed by atoms with E-state index in [0.29, 0.717) is 26.4 Å². The second-order valence-electron chi connectivity index (χ2n) is 9.85. The monoisotopic (exact) mass is 540 g/mol. The van der Waals surface area contributed by atoms with Crippen LogP contribution in [-0.2, 0) is 50.1 Å². The first kappa shape index (κ1) is 28.2. The average Bonchev–Trinajstić information content (AvgIpc) is 3.01. The molecule has 40 heavy (non-hydrogen) atoms. The zero-order valence-corrected chi connectivity index (χ0v) is 22.5. The van der Waals surface area contributed by atoms with Crippen molar-refractivity contribution in [3.63, 3.8) is 0 Å². The molecule has 6 nitrogen and oxygen atoms in total. The molecule has 0 spiro atoms. The summed E-state index contributed by atoms with van der Waals surface area (Å²) in [6.45, 7) is 1.65.